The van der Waals surface area contributed by atoms with Gasteiger partial charge in [0.25, 0.3) is 5.91 Å². The zero-order valence-electron chi connectivity index (χ0n) is 16.0. The van der Waals surface area contributed by atoms with Gasteiger partial charge in [0.2, 0.25) is 5.95 Å². The lowest BCUT2D eigenvalue weighted by atomic mass is 10.1. The Morgan fingerprint density at radius 3 is 2.37 bits per heavy atom. The van der Waals surface area contributed by atoms with Gasteiger partial charge in [-0.1, -0.05) is 18.2 Å². The molecule has 2 aliphatic heterocycles. The van der Waals surface area contributed by atoms with E-state index in [4.69, 9.17) is 0 Å². The smallest absolute Gasteiger partial charge is 0.272 e. The summed E-state index contributed by atoms with van der Waals surface area (Å²) >= 11 is 0. The summed E-state index contributed by atoms with van der Waals surface area (Å²) in [5.74, 6) is 0.708. The summed E-state index contributed by atoms with van der Waals surface area (Å²) in [5, 5.41) is 0. The van der Waals surface area contributed by atoms with Crippen LogP contribution in [0.1, 0.15) is 35.3 Å². The van der Waals surface area contributed by atoms with E-state index in [1.807, 2.05) is 4.90 Å². The SMILES string of the molecule is Cc1ccccc1N1CCN(C(=O)c2ccnc(N3CCCCC3)n2)CC1. The van der Waals surface area contributed by atoms with Gasteiger partial charge in [-0.05, 0) is 43.9 Å². The topological polar surface area (TPSA) is 52.6 Å². The monoisotopic (exact) mass is 365 g/mol. The molecule has 0 unspecified atom stereocenters. The second-order valence-electron chi connectivity index (χ2n) is 7.36. The Bertz CT molecular complexity index is 795. The van der Waals surface area contributed by atoms with Crippen molar-refractivity contribution in [3.63, 3.8) is 0 Å². The quantitative estimate of drug-likeness (QED) is 0.837. The standard InChI is InChI=1S/C21H27N5O/c1-17-7-3-4-8-19(17)24-13-15-25(16-14-24)20(27)18-9-10-22-21(23-18)26-11-5-2-6-12-26/h3-4,7-10H,2,5-6,11-16H2,1H3. The molecule has 0 saturated carbocycles. The molecule has 3 heterocycles. The summed E-state index contributed by atoms with van der Waals surface area (Å²) in [5.41, 5.74) is 3.05. The Labute approximate surface area is 160 Å². The van der Waals surface area contributed by atoms with Crippen LogP contribution in [0.4, 0.5) is 11.6 Å². The highest BCUT2D eigenvalue weighted by Crippen LogP contribution is 2.21. The molecule has 0 N–H and O–H groups in total. The number of aromatic nitrogens is 2. The normalized spacial score (nSPS) is 17.9. The van der Waals surface area contributed by atoms with Crippen molar-refractivity contribution in [1.29, 1.82) is 0 Å². The number of hydrogen-bond acceptors (Lipinski definition) is 5. The molecule has 1 aromatic carbocycles. The highest BCUT2D eigenvalue weighted by atomic mass is 16.2. The summed E-state index contributed by atoms with van der Waals surface area (Å²) in [6, 6.07) is 10.2. The van der Waals surface area contributed by atoms with Crippen molar-refractivity contribution >= 4 is 17.5 Å². The summed E-state index contributed by atoms with van der Waals surface area (Å²) in [4.78, 5) is 28.4. The zero-order chi connectivity index (χ0) is 18.6. The van der Waals surface area contributed by atoms with Crippen LogP contribution in [0, 0.1) is 6.92 Å². The third-order valence-corrected chi connectivity index (χ3v) is 5.52. The molecule has 1 aromatic heterocycles. The number of aryl methyl sites for hydroxylation is 1. The van der Waals surface area contributed by atoms with Crippen molar-refractivity contribution in [3.05, 3.63) is 47.8 Å². The van der Waals surface area contributed by atoms with Gasteiger partial charge in [-0.25, -0.2) is 9.97 Å². The minimum absolute atomic E-state index is 0.0140. The first kappa shape index (κ1) is 17.8. The number of rotatable bonds is 3. The Morgan fingerprint density at radius 1 is 0.889 bits per heavy atom. The van der Waals surface area contributed by atoms with Gasteiger partial charge in [-0.15, -0.1) is 0 Å². The molecule has 0 atom stereocenters. The highest BCUT2D eigenvalue weighted by Gasteiger charge is 2.24. The maximum absolute atomic E-state index is 12.9. The molecule has 0 radical (unpaired) electrons. The molecular formula is C21H27N5O. The molecule has 2 aromatic rings. The van der Waals surface area contributed by atoms with Crippen molar-refractivity contribution in [3.8, 4) is 0 Å². The molecule has 2 aliphatic rings. The second-order valence-corrected chi connectivity index (χ2v) is 7.36. The number of piperazine rings is 1. The molecule has 0 aliphatic carbocycles. The van der Waals surface area contributed by atoms with Crippen LogP contribution in [0.5, 0.6) is 0 Å². The van der Waals surface area contributed by atoms with Gasteiger partial charge in [0.05, 0.1) is 0 Å². The Morgan fingerprint density at radius 2 is 1.63 bits per heavy atom. The number of hydrogen-bond donors (Lipinski definition) is 0. The van der Waals surface area contributed by atoms with Gasteiger partial charge < -0.3 is 14.7 Å². The van der Waals surface area contributed by atoms with Crippen LogP contribution >= 0.6 is 0 Å². The van der Waals surface area contributed by atoms with Crippen molar-refractivity contribution in [1.82, 2.24) is 14.9 Å². The van der Waals surface area contributed by atoms with Crippen LogP contribution in [0.15, 0.2) is 36.5 Å². The van der Waals surface area contributed by atoms with E-state index in [0.29, 0.717) is 11.6 Å². The number of carbonyl (C=O) groups excluding carboxylic acids is 1. The minimum atomic E-state index is 0.0140. The summed E-state index contributed by atoms with van der Waals surface area (Å²) in [7, 11) is 0. The number of para-hydroxylation sites is 1. The van der Waals surface area contributed by atoms with Crippen molar-refractivity contribution in [2.45, 2.75) is 26.2 Å². The second kappa shape index (κ2) is 7.94. The molecule has 6 heteroatoms. The summed E-state index contributed by atoms with van der Waals surface area (Å²) in [6.45, 7) is 7.23. The molecule has 27 heavy (non-hydrogen) atoms. The first-order valence-corrected chi connectivity index (χ1v) is 9.90. The average Bonchev–Trinajstić information content (AvgIpc) is 2.74. The van der Waals surface area contributed by atoms with E-state index < -0.39 is 0 Å². The van der Waals surface area contributed by atoms with E-state index in [1.54, 1.807) is 12.3 Å². The maximum Gasteiger partial charge on any atom is 0.272 e. The molecule has 0 bridgehead atoms. The average molecular weight is 365 g/mol. The van der Waals surface area contributed by atoms with Gasteiger partial charge in [0.15, 0.2) is 0 Å². The van der Waals surface area contributed by atoms with Crippen LogP contribution in [-0.2, 0) is 0 Å². The van der Waals surface area contributed by atoms with Gasteiger partial charge in [0.1, 0.15) is 5.69 Å². The number of nitrogens with zero attached hydrogens (tertiary/aromatic N) is 5. The molecule has 142 valence electrons. The van der Waals surface area contributed by atoms with E-state index in [1.165, 1.54) is 30.5 Å². The van der Waals surface area contributed by atoms with Crippen molar-refractivity contribution in [2.24, 2.45) is 0 Å². The van der Waals surface area contributed by atoms with Crippen molar-refractivity contribution in [2.75, 3.05) is 49.1 Å². The van der Waals surface area contributed by atoms with E-state index in [9.17, 15) is 4.79 Å². The lowest BCUT2D eigenvalue weighted by Gasteiger charge is -2.36. The number of piperidine rings is 1. The van der Waals surface area contributed by atoms with Crippen LogP contribution in [-0.4, -0.2) is 60.0 Å². The fourth-order valence-corrected chi connectivity index (χ4v) is 3.94. The lowest BCUT2D eigenvalue weighted by Crippen LogP contribution is -2.49. The molecule has 2 fully saturated rings. The van der Waals surface area contributed by atoms with Crippen molar-refractivity contribution < 1.29 is 4.79 Å². The molecular weight excluding hydrogens is 338 g/mol. The molecule has 4 rings (SSSR count). The van der Waals surface area contributed by atoms with Crippen LogP contribution in [0.3, 0.4) is 0 Å². The van der Waals surface area contributed by atoms with Gasteiger partial charge in [-0.2, -0.15) is 0 Å². The first-order valence-electron chi connectivity index (χ1n) is 9.90. The number of benzene rings is 1. The van der Waals surface area contributed by atoms with E-state index in [-0.39, 0.29) is 5.91 Å². The summed E-state index contributed by atoms with van der Waals surface area (Å²) in [6.07, 6.45) is 5.32. The minimum Gasteiger partial charge on any atom is -0.368 e. The van der Waals surface area contributed by atoms with Gasteiger partial charge in [-0.3, -0.25) is 4.79 Å². The Balaban J connectivity index is 1.41. The van der Waals surface area contributed by atoms with Crippen LogP contribution in [0.2, 0.25) is 0 Å². The van der Waals surface area contributed by atoms with E-state index in [0.717, 1.165) is 39.3 Å². The van der Waals surface area contributed by atoms with Crippen LogP contribution < -0.4 is 9.80 Å². The first-order chi connectivity index (χ1) is 13.2. The highest BCUT2D eigenvalue weighted by molar-refractivity contribution is 5.92. The Hall–Kier alpha value is -2.63. The maximum atomic E-state index is 12.9. The predicted molar refractivity (Wildman–Crippen MR) is 107 cm³/mol. The largest absolute Gasteiger partial charge is 0.368 e. The van der Waals surface area contributed by atoms with E-state index >= 15 is 0 Å². The zero-order valence-corrected chi connectivity index (χ0v) is 16.0. The van der Waals surface area contributed by atoms with E-state index in [2.05, 4.69) is 51.0 Å². The number of amides is 1. The van der Waals surface area contributed by atoms with Gasteiger partial charge in [0, 0.05) is 51.2 Å². The lowest BCUT2D eigenvalue weighted by molar-refractivity contribution is 0.0740. The molecule has 0 spiro atoms. The molecule has 1 amide bonds. The fraction of sp³-hybridized carbons (Fsp3) is 0.476. The third-order valence-electron chi connectivity index (χ3n) is 5.52. The van der Waals surface area contributed by atoms with Crippen LogP contribution in [0.25, 0.3) is 0 Å². The fourth-order valence-electron chi connectivity index (χ4n) is 3.94. The molecule has 6 nitrogen and oxygen atoms in total. The van der Waals surface area contributed by atoms with Gasteiger partial charge >= 0.3 is 0 Å². The number of anilines is 2. The third kappa shape index (κ3) is 3.89. The Kier molecular flexibility index (Phi) is 5.23. The number of carbonyl (C=O) groups is 1. The molecule has 2 saturated heterocycles. The predicted octanol–water partition coefficient (Wildman–Crippen LogP) is 2.74. The summed E-state index contributed by atoms with van der Waals surface area (Å²) < 4.78 is 0.